The van der Waals surface area contributed by atoms with Crippen LogP contribution in [0.5, 0.6) is 0 Å². The fraction of sp³-hybridized carbons (Fsp3) is 0.409. The summed E-state index contributed by atoms with van der Waals surface area (Å²) in [4.78, 5) is 13.6. The average Bonchev–Trinajstić information content (AvgIpc) is 3.37. The van der Waals surface area contributed by atoms with E-state index in [-0.39, 0.29) is 11.9 Å². The van der Waals surface area contributed by atoms with Crippen LogP contribution in [0.2, 0.25) is 0 Å². The molecule has 2 aromatic heterocycles. The molecule has 7 heteroatoms. The second-order valence-electron chi connectivity index (χ2n) is 7.08. The van der Waals surface area contributed by atoms with E-state index in [1.165, 1.54) is 29.5 Å². The molecule has 0 saturated heterocycles. The molecule has 1 unspecified atom stereocenters. The van der Waals surface area contributed by atoms with E-state index in [2.05, 4.69) is 45.4 Å². The van der Waals surface area contributed by atoms with Crippen molar-refractivity contribution in [1.29, 1.82) is 0 Å². The lowest BCUT2D eigenvalue weighted by atomic mass is 10.1. The summed E-state index contributed by atoms with van der Waals surface area (Å²) in [6.07, 6.45) is 5.30. The Kier molecular flexibility index (Phi) is 8.31. The van der Waals surface area contributed by atoms with Crippen molar-refractivity contribution in [2.75, 3.05) is 5.75 Å². The summed E-state index contributed by atoms with van der Waals surface area (Å²) in [6.45, 7) is 4.26. The minimum Gasteiger partial charge on any atom is -0.353 e. The Labute approximate surface area is 180 Å². The van der Waals surface area contributed by atoms with Crippen molar-refractivity contribution in [3.63, 3.8) is 0 Å². The molecule has 1 amide bonds. The summed E-state index contributed by atoms with van der Waals surface area (Å²) in [5.41, 5.74) is 1.01. The molecule has 0 fully saturated rings. The maximum absolute atomic E-state index is 12.4. The van der Waals surface area contributed by atoms with Crippen molar-refractivity contribution < 1.29 is 4.79 Å². The van der Waals surface area contributed by atoms with Crippen LogP contribution in [0.25, 0.3) is 5.69 Å². The van der Waals surface area contributed by atoms with Crippen molar-refractivity contribution >= 4 is 29.0 Å². The smallest absolute Gasteiger partial charge is 0.230 e. The number of amides is 1. The number of aromatic nitrogens is 3. The largest absolute Gasteiger partial charge is 0.353 e. The number of thioether (sulfide) groups is 1. The Morgan fingerprint density at radius 1 is 1.17 bits per heavy atom. The van der Waals surface area contributed by atoms with Crippen molar-refractivity contribution in [2.45, 2.75) is 57.1 Å². The van der Waals surface area contributed by atoms with E-state index in [4.69, 9.17) is 0 Å². The van der Waals surface area contributed by atoms with Crippen molar-refractivity contribution in [1.82, 2.24) is 20.1 Å². The number of unbranched alkanes of at least 4 members (excludes halogenated alkanes) is 2. The average molecular weight is 429 g/mol. The molecular weight excluding hydrogens is 400 g/mol. The fourth-order valence-electron chi connectivity index (χ4n) is 3.13. The Morgan fingerprint density at radius 3 is 2.72 bits per heavy atom. The van der Waals surface area contributed by atoms with E-state index in [0.717, 1.165) is 35.9 Å². The number of hydrogen-bond donors (Lipinski definition) is 1. The molecule has 1 aromatic carbocycles. The molecule has 0 aliphatic heterocycles. The number of para-hydroxylation sites is 1. The maximum Gasteiger partial charge on any atom is 0.230 e. The number of nitrogens with one attached hydrogen (secondary N) is 1. The standard InChI is InChI=1S/C22H28N4OS2/c1-3-4-6-10-17(2)23-21(27)16-29-22-25-24-20(15-19-13-9-14-28-19)26(22)18-11-7-5-8-12-18/h5,7-9,11-14,17H,3-4,6,10,15-16H2,1-2H3,(H,23,27). The van der Waals surface area contributed by atoms with Crippen LogP contribution in [-0.2, 0) is 11.2 Å². The van der Waals surface area contributed by atoms with Gasteiger partial charge < -0.3 is 5.32 Å². The Balaban J connectivity index is 1.67. The van der Waals surface area contributed by atoms with E-state index >= 15 is 0 Å². The van der Waals surface area contributed by atoms with Crippen molar-refractivity contribution in [2.24, 2.45) is 0 Å². The molecule has 154 valence electrons. The number of benzene rings is 1. The quantitative estimate of drug-likeness (QED) is 0.341. The molecule has 2 heterocycles. The van der Waals surface area contributed by atoms with E-state index in [1.807, 2.05) is 36.4 Å². The zero-order chi connectivity index (χ0) is 20.5. The van der Waals surface area contributed by atoms with Gasteiger partial charge in [-0.25, -0.2) is 0 Å². The lowest BCUT2D eigenvalue weighted by Crippen LogP contribution is -2.33. The second kappa shape index (κ2) is 11.2. The highest BCUT2D eigenvalue weighted by atomic mass is 32.2. The Bertz CT molecular complexity index is 878. The van der Waals surface area contributed by atoms with E-state index < -0.39 is 0 Å². The van der Waals surface area contributed by atoms with Crippen LogP contribution < -0.4 is 5.32 Å². The summed E-state index contributed by atoms with van der Waals surface area (Å²) in [5.74, 6) is 1.26. The van der Waals surface area contributed by atoms with Gasteiger partial charge in [0.1, 0.15) is 5.82 Å². The van der Waals surface area contributed by atoms with Crippen LogP contribution >= 0.6 is 23.1 Å². The van der Waals surface area contributed by atoms with Crippen molar-refractivity contribution in [3.05, 3.63) is 58.5 Å². The number of nitrogens with zero attached hydrogens (tertiary/aromatic N) is 3. The van der Waals surface area contributed by atoms with Gasteiger partial charge in [-0.3, -0.25) is 9.36 Å². The maximum atomic E-state index is 12.4. The molecule has 5 nitrogen and oxygen atoms in total. The lowest BCUT2D eigenvalue weighted by Gasteiger charge is -2.14. The third-order valence-corrected chi connectivity index (χ3v) is 6.41. The molecule has 0 saturated carbocycles. The molecule has 1 atom stereocenters. The van der Waals surface area contributed by atoms with Gasteiger partial charge in [-0.1, -0.05) is 62.2 Å². The summed E-state index contributed by atoms with van der Waals surface area (Å²) >= 11 is 3.15. The van der Waals surface area contributed by atoms with Crippen LogP contribution in [0.1, 0.15) is 50.2 Å². The molecule has 0 spiro atoms. The van der Waals surface area contributed by atoms with E-state index in [9.17, 15) is 4.79 Å². The predicted octanol–water partition coefficient (Wildman–Crippen LogP) is 5.10. The molecule has 1 N–H and O–H groups in total. The highest BCUT2D eigenvalue weighted by Crippen LogP contribution is 2.24. The highest BCUT2D eigenvalue weighted by Gasteiger charge is 2.17. The van der Waals surface area contributed by atoms with E-state index in [1.54, 1.807) is 11.3 Å². The first-order valence-corrected chi connectivity index (χ1v) is 12.0. The lowest BCUT2D eigenvalue weighted by molar-refractivity contribution is -0.119. The molecule has 3 rings (SSSR count). The van der Waals surface area contributed by atoms with Gasteiger partial charge in [-0.15, -0.1) is 21.5 Å². The third kappa shape index (κ3) is 6.44. The minimum absolute atomic E-state index is 0.0430. The van der Waals surface area contributed by atoms with Crippen molar-refractivity contribution in [3.8, 4) is 5.69 Å². The second-order valence-corrected chi connectivity index (χ2v) is 9.05. The van der Waals surface area contributed by atoms with Gasteiger partial charge in [0.15, 0.2) is 5.16 Å². The summed E-state index contributed by atoms with van der Waals surface area (Å²) in [6, 6.07) is 14.4. The van der Waals surface area contributed by atoms with Crippen LogP contribution in [-0.4, -0.2) is 32.5 Å². The van der Waals surface area contributed by atoms with Gasteiger partial charge in [0.05, 0.1) is 5.75 Å². The van der Waals surface area contributed by atoms with Crippen LogP contribution in [0.15, 0.2) is 53.0 Å². The summed E-state index contributed by atoms with van der Waals surface area (Å²) in [7, 11) is 0. The van der Waals surface area contributed by atoms with E-state index in [0.29, 0.717) is 5.75 Å². The SMILES string of the molecule is CCCCCC(C)NC(=O)CSc1nnc(Cc2cccs2)n1-c1ccccc1. The number of thiophene rings is 1. The highest BCUT2D eigenvalue weighted by molar-refractivity contribution is 7.99. The molecule has 29 heavy (non-hydrogen) atoms. The van der Waals surface area contributed by atoms with Gasteiger partial charge in [0.25, 0.3) is 0 Å². The number of carbonyl (C=O) groups excluding carboxylic acids is 1. The van der Waals surface area contributed by atoms with Gasteiger partial charge in [0, 0.05) is 23.0 Å². The predicted molar refractivity (Wildman–Crippen MR) is 121 cm³/mol. The normalized spacial score (nSPS) is 12.1. The third-order valence-electron chi connectivity index (χ3n) is 4.61. The minimum atomic E-state index is 0.0430. The zero-order valence-electron chi connectivity index (χ0n) is 17.0. The Morgan fingerprint density at radius 2 is 2.00 bits per heavy atom. The van der Waals surface area contributed by atoms with Crippen LogP contribution in [0.3, 0.4) is 0 Å². The molecule has 0 aliphatic rings. The molecular formula is C22H28N4OS2. The first kappa shape index (κ1) is 21.6. The van der Waals surface area contributed by atoms with Crippen LogP contribution in [0.4, 0.5) is 0 Å². The molecule has 0 aliphatic carbocycles. The number of carbonyl (C=O) groups is 1. The number of rotatable bonds is 11. The molecule has 0 bridgehead atoms. The fourth-order valence-corrected chi connectivity index (χ4v) is 4.62. The monoisotopic (exact) mass is 428 g/mol. The Hall–Kier alpha value is -2.12. The van der Waals surface area contributed by atoms with Gasteiger partial charge in [-0.05, 0) is 36.9 Å². The number of hydrogen-bond acceptors (Lipinski definition) is 5. The topological polar surface area (TPSA) is 59.8 Å². The van der Waals surface area contributed by atoms with Gasteiger partial charge in [0.2, 0.25) is 5.91 Å². The zero-order valence-corrected chi connectivity index (χ0v) is 18.6. The first-order valence-electron chi connectivity index (χ1n) is 10.1. The summed E-state index contributed by atoms with van der Waals surface area (Å²) < 4.78 is 2.06. The van der Waals surface area contributed by atoms with Crippen LogP contribution in [0, 0.1) is 0 Å². The summed E-state index contributed by atoms with van der Waals surface area (Å²) in [5, 5.41) is 14.7. The van der Waals surface area contributed by atoms with Gasteiger partial charge in [-0.2, -0.15) is 0 Å². The first-order chi connectivity index (χ1) is 14.2. The molecule has 0 radical (unpaired) electrons. The van der Waals surface area contributed by atoms with Gasteiger partial charge >= 0.3 is 0 Å². The molecule has 3 aromatic rings.